The van der Waals surface area contributed by atoms with Crippen LogP contribution in [-0.4, -0.2) is 38.0 Å². The molecule has 0 bridgehead atoms. The van der Waals surface area contributed by atoms with Gasteiger partial charge in [0.25, 0.3) is 11.2 Å². The second-order valence-electron chi connectivity index (χ2n) is 8.18. The fourth-order valence-corrected chi connectivity index (χ4v) is 3.91. The zero-order chi connectivity index (χ0) is 27.0. The Morgan fingerprint density at radius 1 is 1.21 bits per heavy atom. The SMILES string of the molecule is C[C@@H](Oc1ccc([N+](=O)[O-])cc1C=Nn1c(-c2cc3cc(Cl)ccc3o2)nc2ccccc2c1=O)C(=O)O. The number of carboxylic acids is 1. The van der Waals surface area contributed by atoms with Gasteiger partial charge in [-0.1, -0.05) is 23.7 Å². The van der Waals surface area contributed by atoms with Gasteiger partial charge < -0.3 is 14.3 Å². The predicted molar refractivity (Wildman–Crippen MR) is 140 cm³/mol. The van der Waals surface area contributed by atoms with Gasteiger partial charge in [-0.3, -0.25) is 14.9 Å². The fraction of sp³-hybridized carbons (Fsp3) is 0.0769. The number of nitro groups is 1. The van der Waals surface area contributed by atoms with Crippen molar-refractivity contribution in [3.05, 3.63) is 97.8 Å². The number of para-hydroxylation sites is 1. The highest BCUT2D eigenvalue weighted by atomic mass is 35.5. The number of halogens is 1. The Kier molecular flexibility index (Phi) is 6.35. The second-order valence-corrected chi connectivity index (χ2v) is 8.62. The summed E-state index contributed by atoms with van der Waals surface area (Å²) in [5, 5.41) is 26.3. The van der Waals surface area contributed by atoms with Gasteiger partial charge in [0, 0.05) is 28.1 Å². The fourth-order valence-electron chi connectivity index (χ4n) is 3.73. The summed E-state index contributed by atoms with van der Waals surface area (Å²) in [6.45, 7) is 1.31. The van der Waals surface area contributed by atoms with E-state index in [1.165, 1.54) is 19.1 Å². The molecule has 0 aliphatic heterocycles. The van der Waals surface area contributed by atoms with Crippen LogP contribution in [0.1, 0.15) is 12.5 Å². The minimum absolute atomic E-state index is 0.0241. The first-order chi connectivity index (χ1) is 18.2. The summed E-state index contributed by atoms with van der Waals surface area (Å²) in [7, 11) is 0. The first-order valence-corrected chi connectivity index (χ1v) is 11.5. The van der Waals surface area contributed by atoms with E-state index in [9.17, 15) is 24.8 Å². The van der Waals surface area contributed by atoms with Crippen molar-refractivity contribution in [1.82, 2.24) is 9.66 Å². The number of carboxylic acid groups (broad SMARTS) is 1. The second kappa shape index (κ2) is 9.79. The van der Waals surface area contributed by atoms with Crippen LogP contribution in [0.5, 0.6) is 5.75 Å². The molecule has 11 nitrogen and oxygen atoms in total. The molecular formula is C26H17ClN4O7. The van der Waals surface area contributed by atoms with E-state index in [0.29, 0.717) is 21.5 Å². The molecule has 0 saturated carbocycles. The standard InChI is InChI=1S/C26H17ClN4O7/c1-14(26(33)34)37-22-9-7-18(31(35)36)11-16(22)13-28-30-24(29-20-5-3-2-4-19(20)25(30)32)23-12-15-10-17(27)6-8-21(15)38-23/h2-14H,1H3,(H,33,34)/t14-/m1/s1. The molecule has 0 aliphatic rings. The van der Waals surface area contributed by atoms with Crippen molar-refractivity contribution >= 4 is 51.3 Å². The van der Waals surface area contributed by atoms with Gasteiger partial charge in [-0.2, -0.15) is 9.78 Å². The van der Waals surface area contributed by atoms with Crippen LogP contribution in [0.15, 0.2) is 81.0 Å². The number of non-ortho nitro benzene ring substituents is 1. The number of hydrogen-bond acceptors (Lipinski definition) is 8. The number of nitrogens with zero attached hydrogens (tertiary/aromatic N) is 4. The molecular weight excluding hydrogens is 516 g/mol. The molecule has 12 heteroatoms. The molecule has 0 spiro atoms. The Balaban J connectivity index is 1.70. The monoisotopic (exact) mass is 532 g/mol. The minimum atomic E-state index is -1.24. The lowest BCUT2D eigenvalue weighted by atomic mass is 10.2. The summed E-state index contributed by atoms with van der Waals surface area (Å²) in [6, 6.07) is 17.0. The normalized spacial score (nSPS) is 12.3. The Bertz CT molecular complexity index is 1830. The van der Waals surface area contributed by atoms with Crippen LogP contribution >= 0.6 is 11.6 Å². The topological polar surface area (TPSA) is 150 Å². The average Bonchev–Trinajstić information content (AvgIpc) is 3.31. The first kappa shape index (κ1) is 24.7. The van der Waals surface area contributed by atoms with E-state index < -0.39 is 22.6 Å². The number of nitro benzene ring substituents is 1. The molecule has 0 saturated heterocycles. The number of fused-ring (bicyclic) bond motifs is 2. The molecule has 1 N–H and O–H groups in total. The minimum Gasteiger partial charge on any atom is -0.479 e. The van der Waals surface area contributed by atoms with Crippen molar-refractivity contribution in [3.8, 4) is 17.3 Å². The van der Waals surface area contributed by atoms with Crippen LogP contribution in [0, 0.1) is 10.1 Å². The molecule has 0 radical (unpaired) electrons. The van der Waals surface area contributed by atoms with E-state index in [2.05, 4.69) is 10.1 Å². The number of ether oxygens (including phenoxy) is 1. The number of aliphatic carboxylic acids is 1. The highest BCUT2D eigenvalue weighted by molar-refractivity contribution is 6.31. The summed E-state index contributed by atoms with van der Waals surface area (Å²) < 4.78 is 12.4. The average molecular weight is 533 g/mol. The molecule has 3 aromatic carbocycles. The number of rotatable bonds is 7. The van der Waals surface area contributed by atoms with Crippen LogP contribution in [0.25, 0.3) is 33.5 Å². The lowest BCUT2D eigenvalue weighted by molar-refractivity contribution is -0.384. The van der Waals surface area contributed by atoms with Gasteiger partial charge >= 0.3 is 5.97 Å². The molecule has 0 amide bonds. The van der Waals surface area contributed by atoms with Crippen LogP contribution in [-0.2, 0) is 4.79 Å². The maximum Gasteiger partial charge on any atom is 0.344 e. The molecule has 0 fully saturated rings. The molecule has 190 valence electrons. The van der Waals surface area contributed by atoms with Crippen LogP contribution in [0.4, 0.5) is 5.69 Å². The summed E-state index contributed by atoms with van der Waals surface area (Å²) in [5.74, 6) is -0.897. The van der Waals surface area contributed by atoms with Gasteiger partial charge in [0.15, 0.2) is 11.9 Å². The van der Waals surface area contributed by atoms with Crippen LogP contribution in [0.2, 0.25) is 5.02 Å². The van der Waals surface area contributed by atoms with Crippen molar-refractivity contribution in [1.29, 1.82) is 0 Å². The quantitative estimate of drug-likeness (QED) is 0.173. The molecule has 1 atom stereocenters. The predicted octanol–water partition coefficient (Wildman–Crippen LogP) is 5.11. The maximum atomic E-state index is 13.5. The molecule has 38 heavy (non-hydrogen) atoms. The third kappa shape index (κ3) is 4.70. The van der Waals surface area contributed by atoms with E-state index in [1.54, 1.807) is 48.5 Å². The molecule has 5 rings (SSSR count). The first-order valence-electron chi connectivity index (χ1n) is 11.1. The molecule has 2 aromatic heterocycles. The zero-order valence-electron chi connectivity index (χ0n) is 19.6. The van der Waals surface area contributed by atoms with E-state index in [1.807, 2.05) is 0 Å². The summed E-state index contributed by atoms with van der Waals surface area (Å²) >= 11 is 6.10. The van der Waals surface area contributed by atoms with Crippen molar-refractivity contribution in [2.24, 2.45) is 5.10 Å². The number of benzene rings is 3. The maximum absolute atomic E-state index is 13.5. The number of hydrogen-bond donors (Lipinski definition) is 1. The number of aromatic nitrogens is 2. The van der Waals surface area contributed by atoms with Gasteiger partial charge in [-0.25, -0.2) is 9.78 Å². The Hall–Kier alpha value is -5.03. The van der Waals surface area contributed by atoms with E-state index >= 15 is 0 Å². The third-order valence-corrected chi connectivity index (χ3v) is 5.86. The summed E-state index contributed by atoms with van der Waals surface area (Å²) in [5.41, 5.74) is 0.202. The largest absolute Gasteiger partial charge is 0.479 e. The Morgan fingerprint density at radius 2 is 2.00 bits per heavy atom. The lowest BCUT2D eigenvalue weighted by Gasteiger charge is -2.12. The third-order valence-electron chi connectivity index (χ3n) is 5.62. The smallest absolute Gasteiger partial charge is 0.344 e. The van der Waals surface area contributed by atoms with Gasteiger partial charge in [0.1, 0.15) is 11.3 Å². The molecule has 0 aliphatic carbocycles. The van der Waals surface area contributed by atoms with Gasteiger partial charge in [-0.05, 0) is 49.4 Å². The van der Waals surface area contributed by atoms with Crippen molar-refractivity contribution in [2.45, 2.75) is 13.0 Å². The van der Waals surface area contributed by atoms with Crippen molar-refractivity contribution in [2.75, 3.05) is 0 Å². The molecule has 2 heterocycles. The van der Waals surface area contributed by atoms with Crippen LogP contribution in [0.3, 0.4) is 0 Å². The zero-order valence-corrected chi connectivity index (χ0v) is 20.3. The summed E-state index contributed by atoms with van der Waals surface area (Å²) in [4.78, 5) is 40.1. The number of furan rings is 1. The van der Waals surface area contributed by atoms with Gasteiger partial charge in [-0.15, -0.1) is 0 Å². The number of carbonyl (C=O) groups is 1. The molecule has 0 unspecified atom stereocenters. The summed E-state index contributed by atoms with van der Waals surface area (Å²) in [6.07, 6.45) is -0.0794. The lowest BCUT2D eigenvalue weighted by Crippen LogP contribution is -2.23. The Morgan fingerprint density at radius 3 is 2.76 bits per heavy atom. The Labute approximate surface area is 218 Å². The highest BCUT2D eigenvalue weighted by Crippen LogP contribution is 2.29. The van der Waals surface area contributed by atoms with Crippen molar-refractivity contribution in [3.63, 3.8) is 0 Å². The van der Waals surface area contributed by atoms with Crippen LogP contribution < -0.4 is 10.3 Å². The van der Waals surface area contributed by atoms with Gasteiger partial charge in [0.2, 0.25) is 5.82 Å². The van der Waals surface area contributed by atoms with Crippen molar-refractivity contribution < 1.29 is 24.0 Å². The van der Waals surface area contributed by atoms with E-state index in [-0.39, 0.29) is 34.0 Å². The van der Waals surface area contributed by atoms with Gasteiger partial charge in [0.05, 0.1) is 22.0 Å². The van der Waals surface area contributed by atoms with E-state index in [0.717, 1.165) is 17.0 Å². The van der Waals surface area contributed by atoms with E-state index in [4.69, 9.17) is 20.8 Å². The highest BCUT2D eigenvalue weighted by Gasteiger charge is 2.19. The molecule has 5 aromatic rings.